The third-order valence-electron chi connectivity index (χ3n) is 4.51. The maximum absolute atomic E-state index is 6.22. The number of rotatable bonds is 12. The summed E-state index contributed by atoms with van der Waals surface area (Å²) in [6, 6.07) is 2.22. The molecule has 0 aromatic carbocycles. The molecule has 0 unspecified atom stereocenters. The van der Waals surface area contributed by atoms with Gasteiger partial charge in [-0.1, -0.05) is 34.1 Å². The second kappa shape index (κ2) is 9.18. The van der Waals surface area contributed by atoms with E-state index in [1.165, 1.54) is 19.3 Å². The molecular formula is C16H34O3Si. The summed E-state index contributed by atoms with van der Waals surface area (Å²) in [4.78, 5) is 0. The van der Waals surface area contributed by atoms with Crippen LogP contribution in [0.3, 0.4) is 0 Å². The summed E-state index contributed by atoms with van der Waals surface area (Å²) in [7, 11) is -1.95. The number of hydrogen-bond acceptors (Lipinski definition) is 3. The van der Waals surface area contributed by atoms with Crippen LogP contribution in [0.2, 0.25) is 12.1 Å². The van der Waals surface area contributed by atoms with E-state index in [1.54, 1.807) is 0 Å². The van der Waals surface area contributed by atoms with Crippen LogP contribution in [0.5, 0.6) is 0 Å². The Labute approximate surface area is 126 Å². The van der Waals surface area contributed by atoms with Crippen molar-refractivity contribution >= 4 is 8.56 Å². The fourth-order valence-corrected chi connectivity index (χ4v) is 5.79. The second-order valence-electron chi connectivity index (χ2n) is 6.16. The quantitative estimate of drug-likeness (QED) is 0.496. The van der Waals surface area contributed by atoms with Crippen LogP contribution in [-0.2, 0) is 13.6 Å². The summed E-state index contributed by atoms with van der Waals surface area (Å²) in [5.41, 5.74) is 0.462. The summed E-state index contributed by atoms with van der Waals surface area (Å²) in [6.45, 7) is 12.5. The highest BCUT2D eigenvalue weighted by molar-refractivity contribution is 6.67. The predicted octanol–water partition coefficient (Wildman–Crippen LogP) is 4.51. The van der Waals surface area contributed by atoms with Crippen molar-refractivity contribution < 1.29 is 13.6 Å². The standard InChI is InChI=1S/C16H34O3Si/c1-5-11-18-20(8-4,19-12-6-2)13-9-10-16(7-3)14-17-15-16/h5-15H2,1-4H3. The molecule has 0 radical (unpaired) electrons. The van der Waals surface area contributed by atoms with Gasteiger partial charge in [-0.05, 0) is 37.8 Å². The van der Waals surface area contributed by atoms with Crippen LogP contribution in [0, 0.1) is 5.41 Å². The van der Waals surface area contributed by atoms with Gasteiger partial charge in [0.25, 0.3) is 0 Å². The Morgan fingerprint density at radius 3 is 1.95 bits per heavy atom. The molecule has 1 aliphatic heterocycles. The van der Waals surface area contributed by atoms with Crippen LogP contribution < -0.4 is 0 Å². The minimum atomic E-state index is -1.95. The average Bonchev–Trinajstić information content (AvgIpc) is 2.44. The van der Waals surface area contributed by atoms with E-state index in [9.17, 15) is 0 Å². The van der Waals surface area contributed by atoms with Gasteiger partial charge < -0.3 is 13.6 Å². The maximum Gasteiger partial charge on any atom is 0.337 e. The molecule has 4 heteroatoms. The van der Waals surface area contributed by atoms with Gasteiger partial charge in [-0.15, -0.1) is 0 Å². The van der Waals surface area contributed by atoms with Crippen molar-refractivity contribution in [1.82, 2.24) is 0 Å². The molecule has 0 saturated carbocycles. The van der Waals surface area contributed by atoms with Gasteiger partial charge in [0.1, 0.15) is 0 Å². The molecule has 1 saturated heterocycles. The molecular weight excluding hydrogens is 268 g/mol. The Kier molecular flexibility index (Phi) is 8.33. The van der Waals surface area contributed by atoms with Crippen molar-refractivity contribution in [3.63, 3.8) is 0 Å². The molecule has 0 bridgehead atoms. The molecule has 120 valence electrons. The Hall–Kier alpha value is 0.0969. The van der Waals surface area contributed by atoms with Gasteiger partial charge in [-0.25, -0.2) is 0 Å². The van der Waals surface area contributed by atoms with Gasteiger partial charge in [0.05, 0.1) is 13.2 Å². The fourth-order valence-electron chi connectivity index (χ4n) is 2.79. The second-order valence-corrected chi connectivity index (χ2v) is 9.77. The highest BCUT2D eigenvalue weighted by atomic mass is 28.4. The van der Waals surface area contributed by atoms with Gasteiger partial charge in [0, 0.05) is 18.6 Å². The first-order valence-corrected chi connectivity index (χ1v) is 10.7. The number of hydrogen-bond donors (Lipinski definition) is 0. The van der Waals surface area contributed by atoms with Crippen LogP contribution in [0.15, 0.2) is 0 Å². The molecule has 1 heterocycles. The Balaban J connectivity index is 2.45. The van der Waals surface area contributed by atoms with Crippen molar-refractivity contribution in [3.8, 4) is 0 Å². The van der Waals surface area contributed by atoms with Crippen LogP contribution in [0.4, 0.5) is 0 Å². The molecule has 1 aliphatic rings. The highest BCUT2D eigenvalue weighted by Crippen LogP contribution is 2.37. The minimum absolute atomic E-state index is 0.462. The lowest BCUT2D eigenvalue weighted by atomic mass is 9.79. The molecule has 0 spiro atoms. The van der Waals surface area contributed by atoms with Gasteiger partial charge in [-0.2, -0.15) is 0 Å². The molecule has 0 amide bonds. The van der Waals surface area contributed by atoms with E-state index in [0.717, 1.165) is 51.4 Å². The van der Waals surface area contributed by atoms with E-state index in [1.807, 2.05) is 0 Å². The first-order valence-electron chi connectivity index (χ1n) is 8.51. The molecule has 0 N–H and O–H groups in total. The van der Waals surface area contributed by atoms with Crippen LogP contribution in [0.1, 0.15) is 59.8 Å². The van der Waals surface area contributed by atoms with Gasteiger partial charge >= 0.3 is 8.56 Å². The zero-order chi connectivity index (χ0) is 14.9. The smallest absolute Gasteiger partial charge is 0.337 e. The lowest BCUT2D eigenvalue weighted by Crippen LogP contribution is -2.44. The molecule has 0 atom stereocenters. The normalized spacial score (nSPS) is 18.0. The van der Waals surface area contributed by atoms with Crippen LogP contribution >= 0.6 is 0 Å². The largest absolute Gasteiger partial charge is 0.394 e. The summed E-state index contributed by atoms with van der Waals surface area (Å²) < 4.78 is 17.8. The summed E-state index contributed by atoms with van der Waals surface area (Å²) in [5, 5.41) is 0. The summed E-state index contributed by atoms with van der Waals surface area (Å²) in [5.74, 6) is 0. The van der Waals surface area contributed by atoms with Gasteiger partial charge in [0.2, 0.25) is 0 Å². The van der Waals surface area contributed by atoms with Crippen molar-refractivity contribution in [1.29, 1.82) is 0 Å². The SMILES string of the molecule is CCCO[Si](CC)(CCCC1(CC)COC1)OCCC. The fraction of sp³-hybridized carbons (Fsp3) is 1.00. The monoisotopic (exact) mass is 302 g/mol. The number of ether oxygens (including phenoxy) is 1. The van der Waals surface area contributed by atoms with Crippen molar-refractivity contribution in [2.75, 3.05) is 26.4 Å². The van der Waals surface area contributed by atoms with E-state index >= 15 is 0 Å². The molecule has 3 nitrogen and oxygen atoms in total. The lowest BCUT2D eigenvalue weighted by molar-refractivity contribution is -0.119. The maximum atomic E-state index is 6.22. The average molecular weight is 303 g/mol. The molecule has 1 rings (SSSR count). The van der Waals surface area contributed by atoms with E-state index in [4.69, 9.17) is 13.6 Å². The highest BCUT2D eigenvalue weighted by Gasteiger charge is 2.39. The summed E-state index contributed by atoms with van der Waals surface area (Å²) >= 11 is 0. The lowest BCUT2D eigenvalue weighted by Gasteiger charge is -2.41. The van der Waals surface area contributed by atoms with E-state index in [-0.39, 0.29) is 0 Å². The topological polar surface area (TPSA) is 27.7 Å². The molecule has 20 heavy (non-hydrogen) atoms. The zero-order valence-electron chi connectivity index (χ0n) is 14.0. The molecule has 0 aromatic rings. The Morgan fingerprint density at radius 1 is 1.00 bits per heavy atom. The van der Waals surface area contributed by atoms with Crippen LogP contribution in [-0.4, -0.2) is 35.0 Å². The van der Waals surface area contributed by atoms with Crippen molar-refractivity contribution in [3.05, 3.63) is 0 Å². The van der Waals surface area contributed by atoms with E-state index < -0.39 is 8.56 Å². The van der Waals surface area contributed by atoms with Gasteiger partial charge in [-0.3, -0.25) is 0 Å². The third-order valence-corrected chi connectivity index (χ3v) is 8.16. The predicted molar refractivity (Wildman–Crippen MR) is 86.3 cm³/mol. The Morgan fingerprint density at radius 2 is 1.60 bits per heavy atom. The van der Waals surface area contributed by atoms with Crippen molar-refractivity contribution in [2.24, 2.45) is 5.41 Å². The molecule has 0 aliphatic carbocycles. The van der Waals surface area contributed by atoms with E-state index in [2.05, 4.69) is 27.7 Å². The van der Waals surface area contributed by atoms with Gasteiger partial charge in [0.15, 0.2) is 0 Å². The van der Waals surface area contributed by atoms with Crippen LogP contribution in [0.25, 0.3) is 0 Å². The first kappa shape index (κ1) is 18.1. The Bertz CT molecular complexity index is 241. The van der Waals surface area contributed by atoms with Crippen molar-refractivity contribution in [2.45, 2.75) is 71.9 Å². The molecule has 1 fully saturated rings. The summed E-state index contributed by atoms with van der Waals surface area (Å²) in [6.07, 6.45) is 5.89. The first-order chi connectivity index (χ1) is 9.66. The molecule has 0 aromatic heterocycles. The zero-order valence-corrected chi connectivity index (χ0v) is 15.0. The third kappa shape index (κ3) is 5.13. The van der Waals surface area contributed by atoms with E-state index in [0.29, 0.717) is 5.41 Å². The minimum Gasteiger partial charge on any atom is -0.394 e.